The summed E-state index contributed by atoms with van der Waals surface area (Å²) >= 11 is 0. The average Bonchev–Trinajstić information content (AvgIpc) is 3.17. The molecule has 1 N–H and O–H groups in total. The van der Waals surface area contributed by atoms with Gasteiger partial charge in [0.2, 0.25) is 0 Å². The van der Waals surface area contributed by atoms with Crippen LogP contribution in [-0.2, 0) is 15.0 Å². The van der Waals surface area contributed by atoms with E-state index in [4.69, 9.17) is 4.74 Å². The first-order chi connectivity index (χ1) is 18.4. The van der Waals surface area contributed by atoms with E-state index in [0.29, 0.717) is 23.6 Å². The van der Waals surface area contributed by atoms with E-state index in [2.05, 4.69) is 20.8 Å². The Morgan fingerprint density at radius 3 is 2.31 bits per heavy atom. The highest BCUT2D eigenvalue weighted by atomic mass is 16.5. The molecule has 1 aliphatic heterocycles. The molecule has 0 spiro atoms. The van der Waals surface area contributed by atoms with E-state index in [-0.39, 0.29) is 16.7 Å². The lowest BCUT2D eigenvalue weighted by atomic mass is 9.84. The molecule has 39 heavy (non-hydrogen) atoms. The van der Waals surface area contributed by atoms with E-state index in [1.165, 1.54) is 4.90 Å². The zero-order chi connectivity index (χ0) is 28.5. The van der Waals surface area contributed by atoms with Crippen LogP contribution in [0.4, 0.5) is 11.4 Å². The highest BCUT2D eigenvalue weighted by molar-refractivity contribution is 6.51. The molecule has 0 saturated carbocycles. The van der Waals surface area contributed by atoms with Gasteiger partial charge in [0, 0.05) is 37.1 Å². The average molecular weight is 527 g/mol. The van der Waals surface area contributed by atoms with Crippen molar-refractivity contribution >= 4 is 28.8 Å². The van der Waals surface area contributed by atoms with Gasteiger partial charge >= 0.3 is 0 Å². The fourth-order valence-electron chi connectivity index (χ4n) is 4.80. The number of amides is 1. The lowest BCUT2D eigenvalue weighted by Gasteiger charge is -2.27. The number of rotatable bonds is 7. The van der Waals surface area contributed by atoms with Crippen LogP contribution in [0, 0.1) is 6.92 Å². The predicted octanol–water partition coefficient (Wildman–Crippen LogP) is 6.77. The van der Waals surface area contributed by atoms with E-state index < -0.39 is 17.7 Å². The van der Waals surface area contributed by atoms with Gasteiger partial charge < -0.3 is 14.7 Å². The molecule has 3 aromatic rings. The number of aliphatic hydroxyl groups excluding tert-OH is 1. The van der Waals surface area contributed by atoms with Crippen molar-refractivity contribution in [1.29, 1.82) is 0 Å². The van der Waals surface area contributed by atoms with Gasteiger partial charge in [0.05, 0.1) is 18.2 Å². The molecule has 204 valence electrons. The Kier molecular flexibility index (Phi) is 7.86. The highest BCUT2D eigenvalue weighted by Gasteiger charge is 2.47. The van der Waals surface area contributed by atoms with Crippen LogP contribution in [0.15, 0.2) is 72.3 Å². The number of anilines is 2. The van der Waals surface area contributed by atoms with Gasteiger partial charge in [-0.3, -0.25) is 14.5 Å². The monoisotopic (exact) mass is 526 g/mol. The molecular formula is C33H38N2O4. The van der Waals surface area contributed by atoms with Gasteiger partial charge in [-0.15, -0.1) is 0 Å². The lowest BCUT2D eigenvalue weighted by molar-refractivity contribution is -0.132. The molecule has 1 heterocycles. The smallest absolute Gasteiger partial charge is 0.300 e. The van der Waals surface area contributed by atoms with Crippen molar-refractivity contribution in [3.63, 3.8) is 0 Å². The van der Waals surface area contributed by atoms with E-state index in [1.807, 2.05) is 87.4 Å². The molecule has 4 rings (SSSR count). The minimum absolute atomic E-state index is 0.0756. The Bertz CT molecular complexity index is 1410. The Morgan fingerprint density at radius 2 is 1.69 bits per heavy atom. The number of ketones is 1. The van der Waals surface area contributed by atoms with Crippen LogP contribution in [-0.4, -0.2) is 37.5 Å². The van der Waals surface area contributed by atoms with Crippen LogP contribution in [0.1, 0.15) is 62.4 Å². The van der Waals surface area contributed by atoms with Gasteiger partial charge in [0.15, 0.2) is 0 Å². The highest BCUT2D eigenvalue weighted by Crippen LogP contribution is 2.43. The molecule has 0 aromatic heterocycles. The standard InChI is InChI=1S/C33H38N2O4/c1-8-18-39-26-11-9-10-25(20-26)35-29(22-13-16-24(17-14-22)34(6)7)28(31(37)32(35)38)30(36)27-19-23(33(3,4)5)15-12-21(27)2/h9-17,19-20,29,36H,8,18H2,1-7H3/b30-28+. The number of Topliss-reactive ketones (excluding diaryl/α,β-unsaturated/α-hetero) is 1. The van der Waals surface area contributed by atoms with Crippen LogP contribution in [0.2, 0.25) is 0 Å². The predicted molar refractivity (Wildman–Crippen MR) is 158 cm³/mol. The van der Waals surface area contributed by atoms with Gasteiger partial charge in [0.25, 0.3) is 11.7 Å². The third kappa shape index (κ3) is 5.56. The molecule has 3 aromatic carbocycles. The summed E-state index contributed by atoms with van der Waals surface area (Å²) in [5, 5.41) is 11.7. The van der Waals surface area contributed by atoms with Crippen LogP contribution in [0.3, 0.4) is 0 Å². The van der Waals surface area contributed by atoms with Crippen LogP contribution in [0.5, 0.6) is 5.75 Å². The molecule has 1 amide bonds. The molecule has 1 fully saturated rings. The Morgan fingerprint density at radius 1 is 1.00 bits per heavy atom. The number of carbonyl (C=O) groups excluding carboxylic acids is 2. The number of aliphatic hydroxyl groups is 1. The zero-order valence-electron chi connectivity index (χ0n) is 23.9. The van der Waals surface area contributed by atoms with Gasteiger partial charge in [-0.05, 0) is 65.8 Å². The molecular weight excluding hydrogens is 488 g/mol. The molecule has 1 unspecified atom stereocenters. The van der Waals surface area contributed by atoms with Crippen molar-refractivity contribution < 1.29 is 19.4 Å². The van der Waals surface area contributed by atoms with E-state index >= 15 is 0 Å². The number of ether oxygens (including phenoxy) is 1. The summed E-state index contributed by atoms with van der Waals surface area (Å²) in [6.45, 7) is 10.8. The first kappa shape index (κ1) is 28.0. The van der Waals surface area contributed by atoms with Gasteiger partial charge in [-0.2, -0.15) is 0 Å². The summed E-state index contributed by atoms with van der Waals surface area (Å²) in [6.07, 6.45) is 0.847. The number of nitrogens with zero attached hydrogens (tertiary/aromatic N) is 2. The van der Waals surface area contributed by atoms with Crippen molar-refractivity contribution in [2.75, 3.05) is 30.5 Å². The number of aryl methyl sites for hydroxylation is 1. The molecule has 0 bridgehead atoms. The molecule has 1 aliphatic rings. The molecule has 0 aliphatic carbocycles. The number of benzene rings is 3. The van der Waals surface area contributed by atoms with Crippen LogP contribution >= 0.6 is 0 Å². The minimum atomic E-state index is -0.805. The lowest BCUT2D eigenvalue weighted by Crippen LogP contribution is -2.29. The van der Waals surface area contributed by atoms with Crippen LogP contribution in [0.25, 0.3) is 5.76 Å². The second kappa shape index (κ2) is 11.0. The summed E-state index contributed by atoms with van der Waals surface area (Å²) in [4.78, 5) is 30.7. The fourth-order valence-corrected chi connectivity index (χ4v) is 4.80. The number of hydrogen-bond acceptors (Lipinski definition) is 5. The molecule has 6 nitrogen and oxygen atoms in total. The number of hydrogen-bond donors (Lipinski definition) is 1. The third-order valence-corrected chi connectivity index (χ3v) is 7.10. The largest absolute Gasteiger partial charge is 0.507 e. The van der Waals surface area contributed by atoms with E-state index in [1.54, 1.807) is 12.1 Å². The normalized spacial score (nSPS) is 17.0. The quantitative estimate of drug-likeness (QED) is 0.209. The first-order valence-electron chi connectivity index (χ1n) is 13.4. The van der Waals surface area contributed by atoms with Crippen molar-refractivity contribution in [1.82, 2.24) is 0 Å². The zero-order valence-corrected chi connectivity index (χ0v) is 23.9. The number of carbonyl (C=O) groups is 2. The summed E-state index contributed by atoms with van der Waals surface area (Å²) in [5.41, 5.74) is 4.56. The van der Waals surface area contributed by atoms with Gasteiger partial charge in [-0.25, -0.2) is 0 Å². The van der Waals surface area contributed by atoms with Crippen molar-refractivity contribution in [2.24, 2.45) is 0 Å². The fraction of sp³-hybridized carbons (Fsp3) is 0.333. The SMILES string of the molecule is CCCOc1cccc(N2C(=O)C(=O)/C(=C(/O)c3cc(C(C)(C)C)ccc3C)C2c2ccc(N(C)C)cc2)c1. The van der Waals surface area contributed by atoms with E-state index in [0.717, 1.165) is 28.8 Å². The summed E-state index contributed by atoms with van der Waals surface area (Å²) in [5.74, 6) is -0.948. The van der Waals surface area contributed by atoms with Crippen LogP contribution < -0.4 is 14.5 Å². The second-order valence-corrected chi connectivity index (χ2v) is 11.3. The second-order valence-electron chi connectivity index (χ2n) is 11.3. The summed E-state index contributed by atoms with van der Waals surface area (Å²) in [7, 11) is 3.90. The van der Waals surface area contributed by atoms with Crippen molar-refractivity contribution in [3.8, 4) is 5.75 Å². The third-order valence-electron chi connectivity index (χ3n) is 7.10. The topological polar surface area (TPSA) is 70.1 Å². The maximum atomic E-state index is 13.7. The minimum Gasteiger partial charge on any atom is -0.507 e. The summed E-state index contributed by atoms with van der Waals surface area (Å²) in [6, 6.07) is 20.0. The van der Waals surface area contributed by atoms with Gasteiger partial charge in [0.1, 0.15) is 11.5 Å². The van der Waals surface area contributed by atoms with Crippen molar-refractivity contribution in [2.45, 2.75) is 52.5 Å². The molecule has 1 atom stereocenters. The maximum absolute atomic E-state index is 13.7. The Labute approximate surface area is 231 Å². The van der Waals surface area contributed by atoms with Crippen molar-refractivity contribution in [3.05, 3.63) is 94.6 Å². The van der Waals surface area contributed by atoms with E-state index in [9.17, 15) is 14.7 Å². The molecule has 1 saturated heterocycles. The Balaban J connectivity index is 1.94. The molecule has 6 heteroatoms. The first-order valence-corrected chi connectivity index (χ1v) is 13.4. The summed E-state index contributed by atoms with van der Waals surface area (Å²) < 4.78 is 5.82. The Hall–Kier alpha value is -4.06. The maximum Gasteiger partial charge on any atom is 0.300 e. The molecule has 0 radical (unpaired) electrons. The van der Waals surface area contributed by atoms with Gasteiger partial charge in [-0.1, -0.05) is 58.0 Å².